The second kappa shape index (κ2) is 16.2. The number of rotatable bonds is 12. The van der Waals surface area contributed by atoms with E-state index >= 15 is 0 Å². The molecule has 1 unspecified atom stereocenters. The number of hydrogen-bond donors (Lipinski definition) is 5. The molecule has 3 amide bonds. The van der Waals surface area contributed by atoms with Crippen LogP contribution in [0.15, 0.2) is 66.7 Å². The van der Waals surface area contributed by atoms with Crippen LogP contribution in [0.1, 0.15) is 66.9 Å². The number of tetrazole rings is 1. The Bertz CT molecular complexity index is 1720. The van der Waals surface area contributed by atoms with Crippen molar-refractivity contribution in [2.75, 3.05) is 11.9 Å². The van der Waals surface area contributed by atoms with E-state index in [1.165, 1.54) is 12.8 Å². The molecule has 2 aliphatic rings. The van der Waals surface area contributed by atoms with E-state index in [9.17, 15) is 14.4 Å². The molecule has 6 N–H and O–H groups in total. The van der Waals surface area contributed by atoms with E-state index in [-0.39, 0.29) is 42.1 Å². The zero-order valence-corrected chi connectivity index (χ0v) is 28.8. The number of carbonyl (C=O) groups is 3. The molecule has 2 aliphatic carbocycles. The molecule has 0 bridgehead atoms. The van der Waals surface area contributed by atoms with Crippen molar-refractivity contribution in [3.63, 3.8) is 0 Å². The number of aromatic amines is 1. The quantitative estimate of drug-likeness (QED) is 0.136. The molecule has 1 aromatic heterocycles. The van der Waals surface area contributed by atoms with Gasteiger partial charge in [-0.15, -0.1) is 17.5 Å². The topological polar surface area (TPSA) is 168 Å². The van der Waals surface area contributed by atoms with Crippen molar-refractivity contribution >= 4 is 35.8 Å². The van der Waals surface area contributed by atoms with Crippen LogP contribution in [0.2, 0.25) is 0 Å². The highest BCUT2D eigenvalue weighted by Gasteiger charge is 2.30. The lowest BCUT2D eigenvalue weighted by Crippen LogP contribution is -2.48. The molecule has 1 heterocycles. The zero-order chi connectivity index (χ0) is 33.6. The summed E-state index contributed by atoms with van der Waals surface area (Å²) >= 11 is 0. The normalized spacial score (nSPS) is 18.4. The predicted octanol–water partition coefficient (Wildman–Crippen LogP) is 5.22. The van der Waals surface area contributed by atoms with E-state index in [1.54, 1.807) is 12.1 Å². The van der Waals surface area contributed by atoms with E-state index in [1.807, 2.05) is 61.5 Å². The molecule has 2 saturated carbocycles. The molecular formula is C37H45ClN8O3. The van der Waals surface area contributed by atoms with Gasteiger partial charge in [-0.25, -0.2) is 5.10 Å². The van der Waals surface area contributed by atoms with Gasteiger partial charge in [0.2, 0.25) is 11.8 Å². The summed E-state index contributed by atoms with van der Waals surface area (Å²) in [5.41, 5.74) is 11.9. The summed E-state index contributed by atoms with van der Waals surface area (Å²) < 4.78 is 0. The van der Waals surface area contributed by atoms with Crippen molar-refractivity contribution in [1.29, 1.82) is 0 Å². The first-order valence-electron chi connectivity index (χ1n) is 16.9. The molecule has 0 spiro atoms. The number of anilines is 1. The Morgan fingerprint density at radius 2 is 1.59 bits per heavy atom. The third kappa shape index (κ3) is 9.10. The number of nitrogens with one attached hydrogen (secondary N) is 4. The maximum absolute atomic E-state index is 13.7. The van der Waals surface area contributed by atoms with Crippen LogP contribution in [0.5, 0.6) is 0 Å². The monoisotopic (exact) mass is 684 g/mol. The average Bonchev–Trinajstić information content (AvgIpc) is 3.82. The van der Waals surface area contributed by atoms with Gasteiger partial charge in [-0.2, -0.15) is 0 Å². The van der Waals surface area contributed by atoms with Gasteiger partial charge in [0, 0.05) is 35.2 Å². The number of amides is 3. The van der Waals surface area contributed by atoms with Gasteiger partial charge < -0.3 is 21.7 Å². The smallest absolute Gasteiger partial charge is 0.251 e. The summed E-state index contributed by atoms with van der Waals surface area (Å²) in [5.74, 6) is 1.01. The highest BCUT2D eigenvalue weighted by atomic mass is 35.5. The fraction of sp³-hybridized carbons (Fsp3) is 0.405. The second-order valence-corrected chi connectivity index (χ2v) is 13.4. The highest BCUT2D eigenvalue weighted by molar-refractivity contribution is 5.98. The average molecular weight is 685 g/mol. The molecule has 49 heavy (non-hydrogen) atoms. The molecule has 258 valence electrons. The fourth-order valence-electron chi connectivity index (χ4n) is 6.57. The maximum Gasteiger partial charge on any atom is 0.251 e. The van der Waals surface area contributed by atoms with Crippen molar-refractivity contribution in [1.82, 2.24) is 31.3 Å². The standard InChI is InChI=1S/C37H44N8O3.ClH/c1-22-19-30(36(47)39-23(2)26-11-12-26)15-18-32(22)27-7-3-24(4-8-27)20-33(41-35(46)29-9-5-25(21-38)6-10-29)37(48)40-31-16-13-28(14-17-31)34-42-44-45-43-34;/h3-4,7-8,13-19,23,25-26,29,33H,5-6,9-12,20-21,38H2,1-2H3,(H,39,47)(H,40,48)(H,41,46)(H,42,43,44,45);1H/t23?,25-,29-,33-;/m0./s1. The largest absolute Gasteiger partial charge is 0.349 e. The second-order valence-electron chi connectivity index (χ2n) is 13.4. The summed E-state index contributed by atoms with van der Waals surface area (Å²) in [6.07, 6.45) is 6.08. The van der Waals surface area contributed by atoms with Crippen LogP contribution in [-0.2, 0) is 16.0 Å². The number of carbonyl (C=O) groups excluding carboxylic acids is 3. The number of hydrogen-bond acceptors (Lipinski definition) is 7. The molecule has 6 rings (SSSR count). The molecule has 2 atom stereocenters. The Morgan fingerprint density at radius 1 is 0.898 bits per heavy atom. The van der Waals surface area contributed by atoms with Crippen LogP contribution in [0.25, 0.3) is 22.5 Å². The molecule has 3 aromatic carbocycles. The zero-order valence-electron chi connectivity index (χ0n) is 27.9. The lowest BCUT2D eigenvalue weighted by atomic mass is 9.81. The van der Waals surface area contributed by atoms with Gasteiger partial charge >= 0.3 is 0 Å². The van der Waals surface area contributed by atoms with Crippen LogP contribution in [-0.4, -0.2) is 57.0 Å². The molecule has 11 nitrogen and oxygen atoms in total. The number of benzene rings is 3. The lowest BCUT2D eigenvalue weighted by molar-refractivity contribution is -0.130. The Balaban J connectivity index is 0.00000468. The van der Waals surface area contributed by atoms with E-state index in [2.05, 4.69) is 43.5 Å². The van der Waals surface area contributed by atoms with Gasteiger partial charge in [0.1, 0.15) is 6.04 Å². The third-order valence-electron chi connectivity index (χ3n) is 9.84. The lowest BCUT2D eigenvalue weighted by Gasteiger charge is -2.28. The first kappa shape index (κ1) is 35.7. The van der Waals surface area contributed by atoms with Crippen molar-refractivity contribution in [3.05, 3.63) is 83.4 Å². The summed E-state index contributed by atoms with van der Waals surface area (Å²) in [4.78, 5) is 39.8. The Morgan fingerprint density at radius 3 is 2.20 bits per heavy atom. The minimum absolute atomic E-state index is 0. The van der Waals surface area contributed by atoms with Crippen LogP contribution >= 0.6 is 12.4 Å². The van der Waals surface area contributed by atoms with Gasteiger partial charge in [-0.05, 0) is 140 Å². The fourth-order valence-corrected chi connectivity index (χ4v) is 6.57. The molecule has 0 saturated heterocycles. The summed E-state index contributed by atoms with van der Waals surface area (Å²) in [5, 5.41) is 23.0. The number of nitrogens with two attached hydrogens (primary N) is 1. The van der Waals surface area contributed by atoms with Gasteiger partial charge in [-0.1, -0.05) is 30.3 Å². The van der Waals surface area contributed by atoms with Crippen LogP contribution < -0.4 is 21.7 Å². The van der Waals surface area contributed by atoms with E-state index < -0.39 is 6.04 Å². The summed E-state index contributed by atoms with van der Waals surface area (Å²) in [6.45, 7) is 4.72. The van der Waals surface area contributed by atoms with Gasteiger partial charge in [0.05, 0.1) is 0 Å². The molecule has 0 aliphatic heterocycles. The van der Waals surface area contributed by atoms with Crippen LogP contribution in [0, 0.1) is 24.7 Å². The Hall–Kier alpha value is -4.61. The molecular weight excluding hydrogens is 640 g/mol. The molecule has 12 heteroatoms. The van der Waals surface area contributed by atoms with Crippen molar-refractivity contribution in [2.45, 2.75) is 70.9 Å². The Labute approximate surface area is 293 Å². The number of halogens is 1. The maximum atomic E-state index is 13.7. The number of nitrogens with zero attached hydrogens (tertiary/aromatic N) is 3. The third-order valence-corrected chi connectivity index (χ3v) is 9.84. The summed E-state index contributed by atoms with van der Waals surface area (Å²) in [6, 6.07) is 20.4. The molecule has 0 radical (unpaired) electrons. The SMILES string of the molecule is Cc1cc(C(=O)NC(C)C2CC2)ccc1-c1ccc(C[C@H](NC(=O)[C@H]2CC[C@H](CN)CC2)C(=O)Nc2ccc(-c3nnn[nH]3)cc2)cc1.Cl. The van der Waals surface area contributed by atoms with Gasteiger partial charge in [0.25, 0.3) is 5.91 Å². The highest BCUT2D eigenvalue weighted by Crippen LogP contribution is 2.33. The number of aromatic nitrogens is 4. The van der Waals surface area contributed by atoms with Crippen LogP contribution in [0.4, 0.5) is 5.69 Å². The first-order chi connectivity index (χ1) is 23.3. The van der Waals surface area contributed by atoms with E-state index in [0.717, 1.165) is 53.5 Å². The van der Waals surface area contributed by atoms with E-state index in [4.69, 9.17) is 5.73 Å². The minimum Gasteiger partial charge on any atom is -0.349 e. The van der Waals surface area contributed by atoms with Crippen LogP contribution in [0.3, 0.4) is 0 Å². The van der Waals surface area contributed by atoms with Crippen molar-refractivity contribution < 1.29 is 14.4 Å². The van der Waals surface area contributed by atoms with Gasteiger partial charge in [-0.3, -0.25) is 14.4 Å². The number of H-pyrrole nitrogens is 1. The van der Waals surface area contributed by atoms with Gasteiger partial charge in [0.15, 0.2) is 5.82 Å². The first-order valence-corrected chi connectivity index (χ1v) is 16.9. The van der Waals surface area contributed by atoms with Crippen molar-refractivity contribution in [2.24, 2.45) is 23.5 Å². The van der Waals surface area contributed by atoms with Crippen molar-refractivity contribution in [3.8, 4) is 22.5 Å². The van der Waals surface area contributed by atoms with E-state index in [0.29, 0.717) is 41.9 Å². The number of aryl methyl sites for hydroxylation is 1. The molecule has 2 fully saturated rings. The predicted molar refractivity (Wildman–Crippen MR) is 192 cm³/mol. The Kier molecular flexibility index (Phi) is 11.8. The summed E-state index contributed by atoms with van der Waals surface area (Å²) in [7, 11) is 0. The minimum atomic E-state index is -0.772. The molecule has 4 aromatic rings.